The molecule has 0 saturated heterocycles. The zero-order valence-electron chi connectivity index (χ0n) is 6.76. The minimum Gasteiger partial charge on any atom is -0.383 e. The summed E-state index contributed by atoms with van der Waals surface area (Å²) in [5.41, 5.74) is 6.81. The Hall–Kier alpha value is -0.260. The predicted molar refractivity (Wildman–Crippen MR) is 54.4 cm³/mol. The number of nitrogens with two attached hydrogens (primary N) is 1. The highest BCUT2D eigenvalue weighted by Crippen LogP contribution is 2.18. The first-order valence-corrected chi connectivity index (χ1v) is 4.73. The van der Waals surface area contributed by atoms with Crippen LogP contribution in [-0.4, -0.2) is 9.78 Å². The zero-order chi connectivity index (χ0) is 8.43. The highest BCUT2D eigenvalue weighted by molar-refractivity contribution is 14.1. The van der Waals surface area contributed by atoms with Gasteiger partial charge in [-0.1, -0.05) is 6.92 Å². The van der Waals surface area contributed by atoms with Crippen molar-refractivity contribution < 1.29 is 0 Å². The topological polar surface area (TPSA) is 43.8 Å². The van der Waals surface area contributed by atoms with E-state index in [-0.39, 0.29) is 0 Å². The van der Waals surface area contributed by atoms with E-state index < -0.39 is 0 Å². The van der Waals surface area contributed by atoms with Gasteiger partial charge in [-0.25, -0.2) is 4.68 Å². The van der Waals surface area contributed by atoms with Gasteiger partial charge in [-0.15, -0.1) is 0 Å². The second-order valence-electron chi connectivity index (χ2n) is 2.51. The lowest BCUT2D eigenvalue weighted by Crippen LogP contribution is -2.04. The van der Waals surface area contributed by atoms with E-state index in [2.05, 4.69) is 34.6 Å². The Morgan fingerprint density at radius 3 is 2.64 bits per heavy atom. The standard InChI is InChI=1S/C7H12IN3/c1-3-4-11-7(9)6(8)5(2)10-11/h3-4,9H2,1-2H3. The maximum absolute atomic E-state index is 5.78. The van der Waals surface area contributed by atoms with Crippen LogP contribution in [0.3, 0.4) is 0 Å². The van der Waals surface area contributed by atoms with Crippen molar-refractivity contribution in [3.8, 4) is 0 Å². The molecule has 62 valence electrons. The fraction of sp³-hybridized carbons (Fsp3) is 0.571. The van der Waals surface area contributed by atoms with Gasteiger partial charge < -0.3 is 5.73 Å². The lowest BCUT2D eigenvalue weighted by Gasteiger charge is -1.99. The molecular weight excluding hydrogens is 253 g/mol. The van der Waals surface area contributed by atoms with E-state index in [1.54, 1.807) is 0 Å². The summed E-state index contributed by atoms with van der Waals surface area (Å²) < 4.78 is 2.94. The quantitative estimate of drug-likeness (QED) is 0.828. The Morgan fingerprint density at radius 1 is 1.64 bits per heavy atom. The normalized spacial score (nSPS) is 10.5. The summed E-state index contributed by atoms with van der Waals surface area (Å²) in [5.74, 6) is 0.796. The molecule has 1 rings (SSSR count). The van der Waals surface area contributed by atoms with Crippen LogP contribution >= 0.6 is 22.6 Å². The number of nitrogens with zero attached hydrogens (tertiary/aromatic N) is 2. The van der Waals surface area contributed by atoms with Gasteiger partial charge in [0, 0.05) is 6.54 Å². The summed E-state index contributed by atoms with van der Waals surface area (Å²) in [4.78, 5) is 0. The van der Waals surface area contributed by atoms with E-state index >= 15 is 0 Å². The van der Waals surface area contributed by atoms with Gasteiger partial charge in [0.05, 0.1) is 9.26 Å². The minimum absolute atomic E-state index is 0.796. The van der Waals surface area contributed by atoms with Crippen LogP contribution in [-0.2, 0) is 6.54 Å². The van der Waals surface area contributed by atoms with Gasteiger partial charge in [-0.2, -0.15) is 5.10 Å². The van der Waals surface area contributed by atoms with Crippen molar-refractivity contribution in [2.45, 2.75) is 26.8 Å². The molecule has 2 N–H and O–H groups in total. The van der Waals surface area contributed by atoms with Crippen LogP contribution in [0, 0.1) is 10.5 Å². The van der Waals surface area contributed by atoms with Crippen molar-refractivity contribution in [3.05, 3.63) is 9.26 Å². The van der Waals surface area contributed by atoms with E-state index in [0.717, 1.165) is 28.0 Å². The number of hydrogen-bond donors (Lipinski definition) is 1. The van der Waals surface area contributed by atoms with E-state index in [4.69, 9.17) is 5.73 Å². The van der Waals surface area contributed by atoms with Gasteiger partial charge in [0.25, 0.3) is 0 Å². The first kappa shape index (κ1) is 8.83. The molecule has 0 aliphatic heterocycles. The molecule has 0 aliphatic rings. The molecule has 1 heterocycles. The lowest BCUT2D eigenvalue weighted by molar-refractivity contribution is 0.606. The Labute approximate surface area is 80.1 Å². The Balaban J connectivity index is 2.98. The third kappa shape index (κ3) is 1.66. The summed E-state index contributed by atoms with van der Waals surface area (Å²) >= 11 is 2.22. The van der Waals surface area contributed by atoms with E-state index in [1.807, 2.05) is 11.6 Å². The smallest absolute Gasteiger partial charge is 0.135 e. The van der Waals surface area contributed by atoms with Crippen LogP contribution in [0.5, 0.6) is 0 Å². The van der Waals surface area contributed by atoms with Crippen molar-refractivity contribution in [1.29, 1.82) is 0 Å². The molecule has 0 aromatic carbocycles. The second kappa shape index (κ2) is 3.42. The van der Waals surface area contributed by atoms with Gasteiger partial charge >= 0.3 is 0 Å². The fourth-order valence-corrected chi connectivity index (χ4v) is 1.35. The van der Waals surface area contributed by atoms with Crippen LogP contribution in [0.15, 0.2) is 0 Å². The number of halogens is 1. The maximum atomic E-state index is 5.78. The molecule has 0 amide bonds. The fourth-order valence-electron chi connectivity index (χ4n) is 0.960. The highest BCUT2D eigenvalue weighted by atomic mass is 127. The third-order valence-electron chi connectivity index (χ3n) is 1.53. The Kier molecular flexibility index (Phi) is 2.75. The Bertz CT molecular complexity index is 254. The number of aryl methyl sites for hydroxylation is 2. The molecule has 0 bridgehead atoms. The predicted octanol–water partition coefficient (Wildman–Crippen LogP) is 1.79. The molecule has 0 fully saturated rings. The first-order valence-electron chi connectivity index (χ1n) is 3.65. The monoisotopic (exact) mass is 265 g/mol. The average Bonchev–Trinajstić information content (AvgIpc) is 2.19. The average molecular weight is 265 g/mol. The number of nitrogen functional groups attached to an aromatic ring is 1. The molecule has 0 radical (unpaired) electrons. The number of rotatable bonds is 2. The lowest BCUT2D eigenvalue weighted by atomic mass is 10.4. The van der Waals surface area contributed by atoms with Crippen LogP contribution in [0.2, 0.25) is 0 Å². The summed E-state index contributed by atoms with van der Waals surface area (Å²) in [6, 6.07) is 0. The first-order chi connectivity index (χ1) is 5.16. The molecule has 0 atom stereocenters. The van der Waals surface area contributed by atoms with Crippen molar-refractivity contribution in [2.75, 3.05) is 5.73 Å². The molecule has 3 nitrogen and oxygen atoms in total. The molecule has 11 heavy (non-hydrogen) atoms. The third-order valence-corrected chi connectivity index (χ3v) is 2.86. The largest absolute Gasteiger partial charge is 0.383 e. The minimum atomic E-state index is 0.796. The van der Waals surface area contributed by atoms with Gasteiger partial charge in [0.15, 0.2) is 0 Å². The molecule has 1 aromatic rings. The molecule has 4 heteroatoms. The van der Waals surface area contributed by atoms with E-state index in [9.17, 15) is 0 Å². The molecular formula is C7H12IN3. The Morgan fingerprint density at radius 2 is 2.27 bits per heavy atom. The van der Waals surface area contributed by atoms with Gasteiger partial charge in [0.1, 0.15) is 5.82 Å². The molecule has 0 aliphatic carbocycles. The van der Waals surface area contributed by atoms with Gasteiger partial charge in [-0.05, 0) is 35.9 Å². The van der Waals surface area contributed by atoms with Gasteiger partial charge in [-0.3, -0.25) is 0 Å². The summed E-state index contributed by atoms with van der Waals surface area (Å²) in [5, 5.41) is 4.28. The van der Waals surface area contributed by atoms with Crippen LogP contribution in [0.25, 0.3) is 0 Å². The number of anilines is 1. The SMILES string of the molecule is CCCn1nc(C)c(I)c1N. The van der Waals surface area contributed by atoms with Crippen LogP contribution in [0.1, 0.15) is 19.0 Å². The van der Waals surface area contributed by atoms with E-state index in [1.165, 1.54) is 0 Å². The molecule has 0 spiro atoms. The summed E-state index contributed by atoms with van der Waals surface area (Å²) in [6.45, 7) is 5.00. The van der Waals surface area contributed by atoms with Gasteiger partial charge in [0.2, 0.25) is 0 Å². The number of aromatic nitrogens is 2. The van der Waals surface area contributed by atoms with Crippen LogP contribution < -0.4 is 5.73 Å². The summed E-state index contributed by atoms with van der Waals surface area (Å²) in [6.07, 6.45) is 1.07. The van der Waals surface area contributed by atoms with Crippen molar-refractivity contribution in [1.82, 2.24) is 9.78 Å². The van der Waals surface area contributed by atoms with Crippen molar-refractivity contribution >= 4 is 28.4 Å². The highest BCUT2D eigenvalue weighted by Gasteiger charge is 2.07. The van der Waals surface area contributed by atoms with Crippen molar-refractivity contribution in [2.24, 2.45) is 0 Å². The maximum Gasteiger partial charge on any atom is 0.135 e. The van der Waals surface area contributed by atoms with Crippen molar-refractivity contribution in [3.63, 3.8) is 0 Å². The second-order valence-corrected chi connectivity index (χ2v) is 3.59. The molecule has 0 saturated carbocycles. The van der Waals surface area contributed by atoms with E-state index in [0.29, 0.717) is 0 Å². The zero-order valence-corrected chi connectivity index (χ0v) is 8.92. The molecule has 0 unspecified atom stereocenters. The number of hydrogen-bond acceptors (Lipinski definition) is 2. The summed E-state index contributed by atoms with van der Waals surface area (Å²) in [7, 11) is 0. The van der Waals surface area contributed by atoms with Crippen LogP contribution in [0.4, 0.5) is 5.82 Å². The molecule has 1 aromatic heterocycles.